The van der Waals surface area contributed by atoms with Gasteiger partial charge in [0.25, 0.3) is 0 Å². The number of benzene rings is 2. The van der Waals surface area contributed by atoms with Crippen LogP contribution in [0.3, 0.4) is 0 Å². The Bertz CT molecular complexity index is 800. The summed E-state index contributed by atoms with van der Waals surface area (Å²) in [6, 6.07) is 15.1. The minimum absolute atomic E-state index is 0.172. The number of carbonyl (C=O) groups is 1. The van der Waals surface area contributed by atoms with E-state index in [0.717, 1.165) is 10.0 Å². The summed E-state index contributed by atoms with van der Waals surface area (Å²) in [7, 11) is -3.66. The van der Waals surface area contributed by atoms with Crippen LogP contribution in [0, 0.1) is 5.92 Å². The zero-order valence-corrected chi connectivity index (χ0v) is 13.8. The van der Waals surface area contributed by atoms with E-state index >= 15 is 0 Å². The molecule has 1 aliphatic rings. The average Bonchev–Trinajstić information content (AvgIpc) is 3.25. The molecule has 1 saturated carbocycles. The van der Waals surface area contributed by atoms with Gasteiger partial charge in [-0.15, -0.1) is 0 Å². The molecule has 3 atom stereocenters. The number of aliphatic carboxylic acids is 1. The molecule has 0 saturated heterocycles. The van der Waals surface area contributed by atoms with Gasteiger partial charge in [-0.3, -0.25) is 4.79 Å². The number of halogens is 1. The van der Waals surface area contributed by atoms with E-state index in [1.807, 2.05) is 0 Å². The molecule has 22 heavy (non-hydrogen) atoms. The molecule has 6 heteroatoms. The maximum atomic E-state index is 12.7. The van der Waals surface area contributed by atoms with Gasteiger partial charge in [0.1, 0.15) is 0 Å². The second-order valence-corrected chi connectivity index (χ2v) is 8.29. The molecule has 1 N–H and O–H groups in total. The predicted octanol–water partition coefficient (Wildman–Crippen LogP) is 3.09. The molecule has 0 radical (unpaired) electrons. The van der Waals surface area contributed by atoms with Crippen LogP contribution in [0.1, 0.15) is 11.5 Å². The van der Waals surface area contributed by atoms with Gasteiger partial charge in [0.05, 0.1) is 16.1 Å². The van der Waals surface area contributed by atoms with E-state index in [0.29, 0.717) is 0 Å². The Kier molecular flexibility index (Phi) is 3.82. The summed E-state index contributed by atoms with van der Waals surface area (Å²) < 4.78 is 26.2. The summed E-state index contributed by atoms with van der Waals surface area (Å²) in [5.74, 6) is -2.47. The van der Waals surface area contributed by atoms with Crippen molar-refractivity contribution in [1.82, 2.24) is 0 Å². The van der Waals surface area contributed by atoms with Gasteiger partial charge in [-0.25, -0.2) is 8.42 Å². The highest BCUT2D eigenvalue weighted by Gasteiger charge is 2.63. The number of hydrogen-bond acceptors (Lipinski definition) is 3. The summed E-state index contributed by atoms with van der Waals surface area (Å²) in [6.45, 7) is 0. The second-order valence-electron chi connectivity index (χ2n) is 5.26. The van der Waals surface area contributed by atoms with Gasteiger partial charge < -0.3 is 5.11 Å². The van der Waals surface area contributed by atoms with Crippen molar-refractivity contribution in [3.8, 4) is 0 Å². The Morgan fingerprint density at radius 3 is 2.14 bits per heavy atom. The van der Waals surface area contributed by atoms with E-state index in [1.165, 1.54) is 12.1 Å². The Labute approximate surface area is 136 Å². The molecule has 3 rings (SSSR count). The van der Waals surface area contributed by atoms with Crippen LogP contribution in [0.15, 0.2) is 64.0 Å². The highest BCUT2D eigenvalue weighted by Crippen LogP contribution is 2.54. The van der Waals surface area contributed by atoms with Crippen molar-refractivity contribution in [2.45, 2.75) is 16.1 Å². The zero-order valence-electron chi connectivity index (χ0n) is 11.4. The third-order valence-corrected chi connectivity index (χ3v) is 6.68. The van der Waals surface area contributed by atoms with Crippen LogP contribution in [0.4, 0.5) is 0 Å². The predicted molar refractivity (Wildman–Crippen MR) is 85.4 cm³/mol. The summed E-state index contributed by atoms with van der Waals surface area (Å²) in [6.07, 6.45) is 0. The van der Waals surface area contributed by atoms with E-state index in [2.05, 4.69) is 15.9 Å². The van der Waals surface area contributed by atoms with Crippen LogP contribution >= 0.6 is 15.9 Å². The van der Waals surface area contributed by atoms with Crippen LogP contribution < -0.4 is 0 Å². The van der Waals surface area contributed by atoms with Gasteiger partial charge in [0.15, 0.2) is 9.84 Å². The monoisotopic (exact) mass is 380 g/mol. The minimum atomic E-state index is -3.66. The number of hydrogen-bond donors (Lipinski definition) is 1. The van der Waals surface area contributed by atoms with Gasteiger partial charge in [-0.1, -0.05) is 46.3 Å². The lowest BCUT2D eigenvalue weighted by molar-refractivity contribution is -0.138. The van der Waals surface area contributed by atoms with Gasteiger partial charge in [0.2, 0.25) is 0 Å². The maximum absolute atomic E-state index is 12.7. The van der Waals surface area contributed by atoms with Crippen molar-refractivity contribution in [3.63, 3.8) is 0 Å². The molecule has 0 aromatic heterocycles. The fourth-order valence-electron chi connectivity index (χ4n) is 2.81. The highest BCUT2D eigenvalue weighted by molar-refractivity contribution is 9.10. The van der Waals surface area contributed by atoms with Crippen molar-refractivity contribution in [2.24, 2.45) is 5.92 Å². The van der Waals surface area contributed by atoms with Gasteiger partial charge in [-0.05, 0) is 29.8 Å². The van der Waals surface area contributed by atoms with Crippen molar-refractivity contribution < 1.29 is 18.3 Å². The smallest absolute Gasteiger partial charge is 0.308 e. The molecule has 0 amide bonds. The summed E-state index contributed by atoms with van der Waals surface area (Å²) in [5, 5.41) is 8.44. The molecule has 0 aliphatic heterocycles. The van der Waals surface area contributed by atoms with E-state index in [4.69, 9.17) is 0 Å². The molecule has 1 fully saturated rings. The van der Waals surface area contributed by atoms with Crippen LogP contribution in [-0.2, 0) is 14.6 Å². The van der Waals surface area contributed by atoms with Gasteiger partial charge >= 0.3 is 5.97 Å². The van der Waals surface area contributed by atoms with Crippen LogP contribution in [0.5, 0.6) is 0 Å². The van der Waals surface area contributed by atoms with Crippen molar-refractivity contribution >= 4 is 31.7 Å². The molecule has 4 nitrogen and oxygen atoms in total. The van der Waals surface area contributed by atoms with Crippen molar-refractivity contribution in [1.29, 1.82) is 0 Å². The second kappa shape index (κ2) is 5.52. The maximum Gasteiger partial charge on any atom is 0.308 e. The SMILES string of the molecule is O=C(O)[C@@H]1[C@H](c2ccc(Br)cc2)[C@@H]1S(=O)(=O)c1ccccc1. The fourth-order valence-corrected chi connectivity index (χ4v) is 5.22. The van der Waals surface area contributed by atoms with Crippen molar-refractivity contribution in [3.05, 3.63) is 64.6 Å². The third-order valence-electron chi connectivity index (χ3n) is 3.92. The van der Waals surface area contributed by atoms with Crippen LogP contribution in [-0.4, -0.2) is 24.7 Å². The lowest BCUT2D eigenvalue weighted by Gasteiger charge is -2.04. The van der Waals surface area contributed by atoms with Crippen LogP contribution in [0.25, 0.3) is 0 Å². The van der Waals surface area contributed by atoms with Gasteiger partial charge in [0, 0.05) is 10.4 Å². The van der Waals surface area contributed by atoms with Crippen molar-refractivity contribution in [2.75, 3.05) is 0 Å². The molecule has 2 aromatic carbocycles. The lowest BCUT2D eigenvalue weighted by Crippen LogP contribution is -2.13. The Morgan fingerprint density at radius 2 is 1.59 bits per heavy atom. The topological polar surface area (TPSA) is 71.4 Å². The highest BCUT2D eigenvalue weighted by atomic mass is 79.9. The molecule has 114 valence electrons. The molecule has 2 aromatic rings. The average molecular weight is 381 g/mol. The van der Waals surface area contributed by atoms with E-state index in [9.17, 15) is 18.3 Å². The minimum Gasteiger partial charge on any atom is -0.481 e. The van der Waals surface area contributed by atoms with E-state index in [1.54, 1.807) is 42.5 Å². The molecule has 1 aliphatic carbocycles. The Balaban J connectivity index is 1.99. The first-order valence-electron chi connectivity index (χ1n) is 6.70. The first kappa shape index (κ1) is 15.2. The number of rotatable bonds is 4. The molecule has 0 heterocycles. The fraction of sp³-hybridized carbons (Fsp3) is 0.188. The van der Waals surface area contributed by atoms with E-state index < -0.39 is 32.9 Å². The number of carboxylic acid groups (broad SMARTS) is 1. The quantitative estimate of drug-likeness (QED) is 0.884. The third kappa shape index (κ3) is 2.57. The Hall–Kier alpha value is -1.66. The molecular weight excluding hydrogens is 368 g/mol. The lowest BCUT2D eigenvalue weighted by atomic mass is 10.1. The Morgan fingerprint density at radius 1 is 1.00 bits per heavy atom. The zero-order chi connectivity index (χ0) is 15.9. The first-order chi connectivity index (χ1) is 10.4. The summed E-state index contributed by atoms with van der Waals surface area (Å²) in [5.41, 5.74) is 0.736. The molecule has 0 unspecified atom stereocenters. The molecule has 0 bridgehead atoms. The number of carboxylic acids is 1. The normalized spacial score (nSPS) is 24.0. The summed E-state index contributed by atoms with van der Waals surface area (Å²) >= 11 is 3.32. The first-order valence-corrected chi connectivity index (χ1v) is 9.04. The number of sulfone groups is 1. The van der Waals surface area contributed by atoms with Crippen LogP contribution in [0.2, 0.25) is 0 Å². The standard InChI is InChI=1S/C16H13BrO4S/c17-11-8-6-10(7-9-11)13-14(16(18)19)15(13)22(20,21)12-4-2-1-3-5-12/h1-9,13-15H,(H,18,19)/t13-,14+,15-/m0/s1. The molecular formula is C16H13BrO4S. The molecule has 0 spiro atoms. The largest absolute Gasteiger partial charge is 0.481 e. The summed E-state index contributed by atoms with van der Waals surface area (Å²) in [4.78, 5) is 11.6. The van der Waals surface area contributed by atoms with Gasteiger partial charge in [-0.2, -0.15) is 0 Å². The van der Waals surface area contributed by atoms with E-state index in [-0.39, 0.29) is 4.90 Å².